The molecule has 0 aliphatic heterocycles. The van der Waals surface area contributed by atoms with Crippen LogP contribution in [0.15, 0.2) is 182 Å². The topological polar surface area (TPSA) is 108 Å². The molecule has 15 aromatic rings. The van der Waals surface area contributed by atoms with Crippen molar-refractivity contribution in [1.82, 2.24) is 15.0 Å². The van der Waals surface area contributed by atoms with Gasteiger partial charge < -0.3 is 15.3 Å². The van der Waals surface area contributed by atoms with Crippen molar-refractivity contribution < 1.29 is 15.3 Å². The summed E-state index contributed by atoms with van der Waals surface area (Å²) in [7, 11) is 0. The van der Waals surface area contributed by atoms with E-state index in [1.54, 1.807) is 36.8 Å². The summed E-state index contributed by atoms with van der Waals surface area (Å²) in [6.07, 6.45) is 5.20. The summed E-state index contributed by atoms with van der Waals surface area (Å²) in [6.45, 7) is 0. The quantitative estimate of drug-likeness (QED) is 0.0855. The van der Waals surface area contributed by atoms with Crippen molar-refractivity contribution >= 4 is 147 Å². The van der Waals surface area contributed by atoms with Gasteiger partial charge in [0.05, 0.1) is 16.6 Å². The van der Waals surface area contributed by atoms with Gasteiger partial charge in [0.15, 0.2) is 0 Å². The van der Waals surface area contributed by atoms with Gasteiger partial charge in [-0.25, -0.2) is 0 Å². The molecule has 6 nitrogen and oxygen atoms in total. The minimum absolute atomic E-state index is 0. The molecule has 0 fully saturated rings. The predicted molar refractivity (Wildman–Crippen MR) is 260 cm³/mol. The molecule has 64 heavy (non-hydrogen) atoms. The van der Waals surface area contributed by atoms with Crippen molar-refractivity contribution in [3.8, 4) is 17.2 Å². The Morgan fingerprint density at radius 3 is 0.703 bits per heavy atom. The first-order chi connectivity index (χ1) is 31.0. The maximum Gasteiger partial charge on any atom is 3.00 e. The first-order valence-corrected chi connectivity index (χ1v) is 20.9. The van der Waals surface area contributed by atoms with Gasteiger partial charge in [-0.3, -0.25) is 15.0 Å². The van der Waals surface area contributed by atoms with E-state index in [0.717, 1.165) is 48.5 Å². The summed E-state index contributed by atoms with van der Waals surface area (Å²) < 4.78 is 0. The number of fused-ring (bicyclic) bond motifs is 6. The zero-order valence-corrected chi connectivity index (χ0v) is 35.1. The first kappa shape index (κ1) is 37.7. The van der Waals surface area contributed by atoms with Crippen molar-refractivity contribution in [2.45, 2.75) is 0 Å². The van der Waals surface area contributed by atoms with Gasteiger partial charge in [-0.15, -0.1) is 0 Å². The van der Waals surface area contributed by atoms with E-state index < -0.39 is 0 Å². The van der Waals surface area contributed by atoms with E-state index in [1.165, 1.54) is 64.6 Å². The van der Waals surface area contributed by atoms with E-state index in [1.807, 2.05) is 36.4 Å². The third-order valence-corrected chi connectivity index (χ3v) is 13.0. The van der Waals surface area contributed by atoms with Crippen molar-refractivity contribution in [1.29, 1.82) is 0 Å². The molecule has 7 heteroatoms. The van der Waals surface area contributed by atoms with Crippen molar-refractivity contribution in [3.05, 3.63) is 182 Å². The summed E-state index contributed by atoms with van der Waals surface area (Å²) >= 11 is 0. The molecular formula is C57H30AlN3O3. The molecule has 0 unspecified atom stereocenters. The van der Waals surface area contributed by atoms with E-state index in [2.05, 4.69) is 124 Å². The molecule has 0 atom stereocenters. The van der Waals surface area contributed by atoms with Crippen LogP contribution in [0.25, 0.3) is 130 Å². The van der Waals surface area contributed by atoms with Crippen LogP contribution in [-0.2, 0) is 0 Å². The number of aromatic nitrogens is 3. The second kappa shape index (κ2) is 14.2. The fourth-order valence-electron chi connectivity index (χ4n) is 10.4. The molecular weight excluding hydrogens is 802 g/mol. The summed E-state index contributed by atoms with van der Waals surface area (Å²) in [6, 6.07) is 54.7. The van der Waals surface area contributed by atoms with E-state index in [-0.39, 0.29) is 34.6 Å². The number of nitrogens with zero attached hydrogens (tertiary/aromatic N) is 3. The molecule has 0 saturated carbocycles. The molecule has 294 valence electrons. The third-order valence-electron chi connectivity index (χ3n) is 13.0. The van der Waals surface area contributed by atoms with E-state index in [9.17, 15) is 15.3 Å². The molecule has 15 rings (SSSR count). The Morgan fingerprint density at radius 2 is 0.453 bits per heavy atom. The van der Waals surface area contributed by atoms with Crippen LogP contribution < -0.4 is 15.3 Å². The van der Waals surface area contributed by atoms with Gasteiger partial charge in [0.1, 0.15) is 0 Å². The summed E-state index contributed by atoms with van der Waals surface area (Å²) in [5.41, 5.74) is 1.70. The standard InChI is InChI=1S/3C19H11NO.Al/c3*21-16-8-7-14-12-5-1-3-11-4-2-6-13(17(11)12)15-9-10-20-19(16)18(14)15;/h3*1-10,21H;/q;;;+3/p-3. The van der Waals surface area contributed by atoms with Gasteiger partial charge in [-0.05, 0) is 115 Å². The molecule has 0 aliphatic rings. The van der Waals surface area contributed by atoms with Crippen LogP contribution in [0.3, 0.4) is 0 Å². The van der Waals surface area contributed by atoms with Crippen LogP contribution >= 0.6 is 0 Å². The Hall–Kier alpha value is -8.08. The molecule has 3 aromatic heterocycles. The normalized spacial score (nSPS) is 11.8. The van der Waals surface area contributed by atoms with Gasteiger partial charge >= 0.3 is 17.4 Å². The van der Waals surface area contributed by atoms with Crippen molar-refractivity contribution in [3.63, 3.8) is 0 Å². The number of benzene rings is 12. The van der Waals surface area contributed by atoms with Gasteiger partial charge in [0.2, 0.25) is 0 Å². The minimum Gasteiger partial charge on any atom is -0.871 e. The van der Waals surface area contributed by atoms with Crippen LogP contribution in [0.4, 0.5) is 0 Å². The first-order valence-electron chi connectivity index (χ1n) is 20.9. The fraction of sp³-hybridized carbons (Fsp3) is 0. The third kappa shape index (κ3) is 5.29. The number of hydrogen-bond acceptors (Lipinski definition) is 6. The van der Waals surface area contributed by atoms with Crippen molar-refractivity contribution in [2.75, 3.05) is 0 Å². The Bertz CT molecular complexity index is 3730. The van der Waals surface area contributed by atoms with Crippen LogP contribution in [-0.4, -0.2) is 32.3 Å². The molecule has 0 amide bonds. The second-order valence-corrected chi connectivity index (χ2v) is 16.2. The van der Waals surface area contributed by atoms with Gasteiger partial charge in [0.25, 0.3) is 0 Å². The average Bonchev–Trinajstić information content (AvgIpc) is 3.33. The van der Waals surface area contributed by atoms with E-state index >= 15 is 0 Å². The Balaban J connectivity index is 0.000000101. The maximum atomic E-state index is 12.1. The Labute approximate surface area is 375 Å². The largest absolute Gasteiger partial charge is 3.00 e. The fourth-order valence-corrected chi connectivity index (χ4v) is 10.4. The Morgan fingerprint density at radius 1 is 0.234 bits per heavy atom. The van der Waals surface area contributed by atoms with E-state index in [0.29, 0.717) is 16.6 Å². The zero-order chi connectivity index (χ0) is 41.9. The van der Waals surface area contributed by atoms with Crippen molar-refractivity contribution in [2.24, 2.45) is 0 Å². The summed E-state index contributed by atoms with van der Waals surface area (Å²) in [5, 5.41) is 60.5. The van der Waals surface area contributed by atoms with Crippen LogP contribution in [0.2, 0.25) is 0 Å². The molecule has 0 spiro atoms. The van der Waals surface area contributed by atoms with Gasteiger partial charge in [-0.1, -0.05) is 163 Å². The maximum absolute atomic E-state index is 12.1. The summed E-state index contributed by atoms with van der Waals surface area (Å²) in [5.74, 6) is -0.0357. The number of pyridine rings is 3. The van der Waals surface area contributed by atoms with Gasteiger partial charge in [-0.2, -0.15) is 0 Å². The molecule has 0 aliphatic carbocycles. The molecule has 3 heterocycles. The van der Waals surface area contributed by atoms with Gasteiger partial charge in [0, 0.05) is 34.7 Å². The van der Waals surface area contributed by atoms with E-state index in [4.69, 9.17) is 0 Å². The monoisotopic (exact) mass is 831 g/mol. The predicted octanol–water partition coefficient (Wildman–Crippen LogP) is 12.2. The number of rotatable bonds is 0. The second-order valence-electron chi connectivity index (χ2n) is 16.2. The average molecular weight is 832 g/mol. The van der Waals surface area contributed by atoms with Crippen LogP contribution in [0.5, 0.6) is 17.2 Å². The minimum atomic E-state index is -0.0119. The molecule has 12 aromatic carbocycles. The smallest absolute Gasteiger partial charge is 0.871 e. The zero-order valence-electron chi connectivity index (χ0n) is 34.0. The molecule has 0 radical (unpaired) electrons. The molecule has 0 N–H and O–H groups in total. The van der Waals surface area contributed by atoms with Crippen LogP contribution in [0, 0.1) is 0 Å². The Kier molecular flexibility index (Phi) is 8.38. The summed E-state index contributed by atoms with van der Waals surface area (Å²) in [4.78, 5) is 12.9. The SMILES string of the molecule is [Al+3].[O-]c1ccc2c3cccc4cccc(c5ccnc1c52)c43.[O-]c1ccc2c3cccc4cccc(c5ccnc1c52)c43.[O-]c1ccc2c3cccc4cccc(c5ccnc1c52)c43. The molecule has 0 bridgehead atoms. The molecule has 0 saturated heterocycles. The van der Waals surface area contributed by atoms with Crippen LogP contribution in [0.1, 0.15) is 0 Å². The number of hydrogen-bond donors (Lipinski definition) is 0.